The lowest BCUT2D eigenvalue weighted by Crippen LogP contribution is -2.28. The predicted molar refractivity (Wildman–Crippen MR) is 54.1 cm³/mol. The zero-order valence-corrected chi connectivity index (χ0v) is 8.36. The highest BCUT2D eigenvalue weighted by atomic mass is 16.2. The summed E-state index contributed by atoms with van der Waals surface area (Å²) in [6, 6.07) is 5.57. The van der Waals surface area contributed by atoms with Crippen LogP contribution >= 0.6 is 0 Å². The molecular formula is C11H14N2O. The van der Waals surface area contributed by atoms with Gasteiger partial charge >= 0.3 is 0 Å². The SMILES string of the molecule is Cc1cccc(C(=O)N2CCCC2)n1. The summed E-state index contributed by atoms with van der Waals surface area (Å²) >= 11 is 0. The number of pyridine rings is 1. The average Bonchev–Trinajstić information content (AvgIpc) is 2.69. The van der Waals surface area contributed by atoms with Crippen molar-refractivity contribution in [1.82, 2.24) is 9.88 Å². The maximum absolute atomic E-state index is 11.9. The van der Waals surface area contributed by atoms with Crippen LogP contribution < -0.4 is 0 Å². The first-order valence-electron chi connectivity index (χ1n) is 5.00. The van der Waals surface area contributed by atoms with Crippen LogP contribution in [0, 0.1) is 6.92 Å². The molecule has 3 heteroatoms. The molecule has 0 bridgehead atoms. The number of carbonyl (C=O) groups excluding carboxylic acids is 1. The van der Waals surface area contributed by atoms with Crippen LogP contribution in [-0.2, 0) is 0 Å². The maximum Gasteiger partial charge on any atom is 0.272 e. The van der Waals surface area contributed by atoms with Gasteiger partial charge in [0.05, 0.1) is 0 Å². The molecule has 1 aliphatic rings. The molecule has 3 nitrogen and oxygen atoms in total. The molecule has 1 amide bonds. The molecule has 0 atom stereocenters. The Bertz CT molecular complexity index is 343. The fourth-order valence-electron chi connectivity index (χ4n) is 1.74. The van der Waals surface area contributed by atoms with E-state index in [1.807, 2.05) is 24.0 Å². The molecule has 0 aromatic carbocycles. The first kappa shape index (κ1) is 9.19. The third-order valence-electron chi connectivity index (χ3n) is 2.50. The van der Waals surface area contributed by atoms with Gasteiger partial charge in [0, 0.05) is 18.8 Å². The van der Waals surface area contributed by atoms with Crippen LogP contribution in [0.2, 0.25) is 0 Å². The second-order valence-corrected chi connectivity index (χ2v) is 3.66. The van der Waals surface area contributed by atoms with E-state index in [2.05, 4.69) is 4.98 Å². The Labute approximate surface area is 83.8 Å². The lowest BCUT2D eigenvalue weighted by molar-refractivity contribution is 0.0787. The minimum atomic E-state index is 0.0752. The van der Waals surface area contributed by atoms with Crippen molar-refractivity contribution in [3.63, 3.8) is 0 Å². The maximum atomic E-state index is 11.9. The number of rotatable bonds is 1. The minimum absolute atomic E-state index is 0.0752. The molecule has 1 aromatic heterocycles. The lowest BCUT2D eigenvalue weighted by Gasteiger charge is -2.14. The highest BCUT2D eigenvalue weighted by Crippen LogP contribution is 2.11. The number of aryl methyl sites for hydroxylation is 1. The molecule has 0 aliphatic carbocycles. The van der Waals surface area contributed by atoms with E-state index < -0.39 is 0 Å². The second kappa shape index (κ2) is 3.78. The normalized spacial score (nSPS) is 15.9. The largest absolute Gasteiger partial charge is 0.337 e. The predicted octanol–water partition coefficient (Wildman–Crippen LogP) is 1.63. The quantitative estimate of drug-likeness (QED) is 0.674. The Balaban J connectivity index is 2.17. The van der Waals surface area contributed by atoms with Crippen molar-refractivity contribution in [1.29, 1.82) is 0 Å². The Morgan fingerprint density at radius 3 is 2.71 bits per heavy atom. The van der Waals surface area contributed by atoms with Gasteiger partial charge in [0.1, 0.15) is 5.69 Å². The topological polar surface area (TPSA) is 33.2 Å². The third-order valence-corrected chi connectivity index (χ3v) is 2.50. The van der Waals surface area contributed by atoms with E-state index in [1.54, 1.807) is 6.07 Å². The van der Waals surface area contributed by atoms with Gasteiger partial charge in [-0.05, 0) is 31.9 Å². The van der Waals surface area contributed by atoms with E-state index in [-0.39, 0.29) is 5.91 Å². The molecule has 1 saturated heterocycles. The lowest BCUT2D eigenvalue weighted by atomic mass is 10.3. The summed E-state index contributed by atoms with van der Waals surface area (Å²) in [5, 5.41) is 0. The molecule has 1 aliphatic heterocycles. The highest BCUT2D eigenvalue weighted by Gasteiger charge is 2.19. The summed E-state index contributed by atoms with van der Waals surface area (Å²) < 4.78 is 0. The number of nitrogens with zero attached hydrogens (tertiary/aromatic N) is 2. The number of hydrogen-bond acceptors (Lipinski definition) is 2. The van der Waals surface area contributed by atoms with Gasteiger partial charge in [-0.2, -0.15) is 0 Å². The zero-order chi connectivity index (χ0) is 9.97. The van der Waals surface area contributed by atoms with E-state index in [9.17, 15) is 4.79 Å². The van der Waals surface area contributed by atoms with Gasteiger partial charge in [-0.15, -0.1) is 0 Å². The molecule has 0 spiro atoms. The van der Waals surface area contributed by atoms with Gasteiger partial charge < -0.3 is 4.90 Å². The Hall–Kier alpha value is -1.38. The number of hydrogen-bond donors (Lipinski definition) is 0. The monoisotopic (exact) mass is 190 g/mol. The van der Waals surface area contributed by atoms with Crippen molar-refractivity contribution >= 4 is 5.91 Å². The van der Waals surface area contributed by atoms with Crippen LogP contribution in [0.15, 0.2) is 18.2 Å². The van der Waals surface area contributed by atoms with Gasteiger partial charge in [0.25, 0.3) is 5.91 Å². The van der Waals surface area contributed by atoms with Crippen molar-refractivity contribution in [2.24, 2.45) is 0 Å². The van der Waals surface area contributed by atoms with Crippen molar-refractivity contribution in [3.05, 3.63) is 29.6 Å². The average molecular weight is 190 g/mol. The Kier molecular flexibility index (Phi) is 2.48. The van der Waals surface area contributed by atoms with Gasteiger partial charge in [0.2, 0.25) is 0 Å². The van der Waals surface area contributed by atoms with E-state index in [0.29, 0.717) is 5.69 Å². The highest BCUT2D eigenvalue weighted by molar-refractivity contribution is 5.92. The van der Waals surface area contributed by atoms with E-state index in [0.717, 1.165) is 31.6 Å². The summed E-state index contributed by atoms with van der Waals surface area (Å²) in [5.74, 6) is 0.0752. The van der Waals surface area contributed by atoms with Gasteiger partial charge in [-0.1, -0.05) is 6.07 Å². The minimum Gasteiger partial charge on any atom is -0.337 e. The van der Waals surface area contributed by atoms with Gasteiger partial charge in [-0.25, -0.2) is 4.98 Å². The van der Waals surface area contributed by atoms with Crippen molar-refractivity contribution < 1.29 is 4.79 Å². The van der Waals surface area contributed by atoms with Crippen LogP contribution in [-0.4, -0.2) is 28.9 Å². The summed E-state index contributed by atoms with van der Waals surface area (Å²) in [5.41, 5.74) is 1.47. The van der Waals surface area contributed by atoms with Crippen molar-refractivity contribution in [3.8, 4) is 0 Å². The first-order chi connectivity index (χ1) is 6.77. The second-order valence-electron chi connectivity index (χ2n) is 3.66. The molecule has 2 heterocycles. The summed E-state index contributed by atoms with van der Waals surface area (Å²) in [6.07, 6.45) is 2.25. The Morgan fingerprint density at radius 2 is 2.07 bits per heavy atom. The third kappa shape index (κ3) is 1.76. The van der Waals surface area contributed by atoms with Crippen molar-refractivity contribution in [2.45, 2.75) is 19.8 Å². The summed E-state index contributed by atoms with van der Waals surface area (Å²) in [6.45, 7) is 3.67. The molecule has 1 fully saturated rings. The van der Waals surface area contributed by atoms with E-state index in [4.69, 9.17) is 0 Å². The molecule has 0 N–H and O–H groups in total. The summed E-state index contributed by atoms with van der Waals surface area (Å²) in [4.78, 5) is 18.0. The molecule has 0 radical (unpaired) electrons. The van der Waals surface area contributed by atoms with Gasteiger partial charge in [0.15, 0.2) is 0 Å². The number of amides is 1. The standard InChI is InChI=1S/C11H14N2O/c1-9-5-4-6-10(12-9)11(14)13-7-2-3-8-13/h4-6H,2-3,7-8H2,1H3. The molecular weight excluding hydrogens is 176 g/mol. The molecule has 74 valence electrons. The smallest absolute Gasteiger partial charge is 0.272 e. The van der Waals surface area contributed by atoms with E-state index >= 15 is 0 Å². The van der Waals surface area contributed by atoms with Crippen LogP contribution in [0.25, 0.3) is 0 Å². The molecule has 14 heavy (non-hydrogen) atoms. The van der Waals surface area contributed by atoms with Crippen LogP contribution in [0.4, 0.5) is 0 Å². The fraction of sp³-hybridized carbons (Fsp3) is 0.455. The van der Waals surface area contributed by atoms with Crippen molar-refractivity contribution in [2.75, 3.05) is 13.1 Å². The van der Waals surface area contributed by atoms with Crippen LogP contribution in [0.3, 0.4) is 0 Å². The van der Waals surface area contributed by atoms with Crippen LogP contribution in [0.5, 0.6) is 0 Å². The number of likely N-dealkylation sites (tertiary alicyclic amines) is 1. The number of carbonyl (C=O) groups is 1. The first-order valence-corrected chi connectivity index (χ1v) is 5.00. The molecule has 0 saturated carbocycles. The summed E-state index contributed by atoms with van der Waals surface area (Å²) in [7, 11) is 0. The molecule has 2 rings (SSSR count). The zero-order valence-electron chi connectivity index (χ0n) is 8.36. The Morgan fingerprint density at radius 1 is 1.36 bits per heavy atom. The number of aromatic nitrogens is 1. The van der Waals surface area contributed by atoms with Crippen LogP contribution in [0.1, 0.15) is 29.0 Å². The van der Waals surface area contributed by atoms with E-state index in [1.165, 1.54) is 0 Å². The molecule has 0 unspecified atom stereocenters. The molecule has 1 aromatic rings. The van der Waals surface area contributed by atoms with Gasteiger partial charge in [-0.3, -0.25) is 4.79 Å². The fourth-order valence-corrected chi connectivity index (χ4v) is 1.74.